The summed E-state index contributed by atoms with van der Waals surface area (Å²) in [7, 11) is 1.61. The van der Waals surface area contributed by atoms with Crippen LogP contribution in [-0.2, 0) is 9.59 Å². The Balaban J connectivity index is 2.26. The Kier molecular flexibility index (Phi) is 4.93. The minimum absolute atomic E-state index is 0.152. The Hall–Kier alpha value is -2.63. The van der Waals surface area contributed by atoms with Crippen LogP contribution in [0.2, 0.25) is 0 Å². The maximum atomic E-state index is 12.8. The Morgan fingerprint density at radius 3 is 2.50 bits per heavy atom. The third-order valence-corrected chi connectivity index (χ3v) is 3.48. The van der Waals surface area contributed by atoms with Crippen LogP contribution >= 0.6 is 0 Å². The van der Waals surface area contributed by atoms with E-state index in [2.05, 4.69) is 5.10 Å². The number of aromatic nitrogens is 2. The van der Waals surface area contributed by atoms with Crippen molar-refractivity contribution in [2.24, 2.45) is 5.92 Å². The Morgan fingerprint density at radius 1 is 1.27 bits per heavy atom. The first-order chi connectivity index (χ1) is 10.5. The minimum atomic E-state index is -0.921. The molecule has 0 bridgehead atoms. The molecule has 0 fully saturated rings. The highest BCUT2D eigenvalue weighted by Crippen LogP contribution is 2.20. The van der Waals surface area contributed by atoms with Crippen LogP contribution < -0.4 is 0 Å². The summed E-state index contributed by atoms with van der Waals surface area (Å²) >= 11 is 0. The summed E-state index contributed by atoms with van der Waals surface area (Å²) < 4.78 is 1.58. The number of carboxylic acid groups (broad SMARTS) is 1. The van der Waals surface area contributed by atoms with Crippen molar-refractivity contribution in [1.82, 2.24) is 14.7 Å². The van der Waals surface area contributed by atoms with Crippen LogP contribution in [0.1, 0.15) is 18.5 Å². The van der Waals surface area contributed by atoms with E-state index in [0.717, 1.165) is 5.56 Å². The molecule has 2 rings (SSSR count). The summed E-state index contributed by atoms with van der Waals surface area (Å²) in [5, 5.41) is 13.2. The van der Waals surface area contributed by atoms with Crippen LogP contribution in [0, 0.1) is 5.92 Å². The molecule has 0 saturated heterocycles. The predicted octanol–water partition coefficient (Wildman–Crippen LogP) is 1.65. The van der Waals surface area contributed by atoms with Crippen LogP contribution in [0.25, 0.3) is 0 Å². The molecule has 22 heavy (non-hydrogen) atoms. The fourth-order valence-electron chi connectivity index (χ4n) is 2.26. The number of rotatable bonds is 6. The number of carbonyl (C=O) groups excluding carboxylic acids is 1. The first kappa shape index (κ1) is 15.8. The van der Waals surface area contributed by atoms with Crippen molar-refractivity contribution in [3.8, 4) is 0 Å². The fraction of sp³-hybridized carbons (Fsp3) is 0.312. The van der Waals surface area contributed by atoms with E-state index >= 15 is 0 Å². The van der Waals surface area contributed by atoms with Gasteiger partial charge in [-0.2, -0.15) is 5.10 Å². The molecule has 1 aromatic carbocycles. The summed E-state index contributed by atoms with van der Waals surface area (Å²) in [6, 6.07) is 10.5. The zero-order valence-electron chi connectivity index (χ0n) is 12.6. The second-order valence-corrected chi connectivity index (χ2v) is 5.26. The van der Waals surface area contributed by atoms with Gasteiger partial charge in [0.2, 0.25) is 0 Å². The van der Waals surface area contributed by atoms with E-state index in [1.165, 1.54) is 4.90 Å². The number of carbonyl (C=O) groups is 2. The monoisotopic (exact) mass is 301 g/mol. The maximum absolute atomic E-state index is 12.8. The van der Waals surface area contributed by atoms with Crippen LogP contribution in [0.4, 0.5) is 0 Å². The molecule has 1 aromatic heterocycles. The molecule has 1 N–H and O–H groups in total. The normalized spacial score (nSPS) is 13.4. The Bertz CT molecular complexity index is 625. The van der Waals surface area contributed by atoms with Gasteiger partial charge in [0.25, 0.3) is 5.91 Å². The van der Waals surface area contributed by atoms with Gasteiger partial charge < -0.3 is 10.0 Å². The maximum Gasteiger partial charge on any atom is 0.308 e. The lowest BCUT2D eigenvalue weighted by Gasteiger charge is -2.25. The van der Waals surface area contributed by atoms with Crippen molar-refractivity contribution in [3.05, 3.63) is 54.4 Å². The van der Waals surface area contributed by atoms with Crippen LogP contribution in [0.15, 0.2) is 48.8 Å². The van der Waals surface area contributed by atoms with Gasteiger partial charge in [0.1, 0.15) is 0 Å². The van der Waals surface area contributed by atoms with Gasteiger partial charge in [-0.15, -0.1) is 0 Å². The van der Waals surface area contributed by atoms with E-state index in [1.807, 2.05) is 30.3 Å². The van der Waals surface area contributed by atoms with Gasteiger partial charge in [-0.1, -0.05) is 37.3 Å². The molecule has 6 heteroatoms. The first-order valence-corrected chi connectivity index (χ1v) is 7.02. The highest BCUT2D eigenvalue weighted by molar-refractivity contribution is 5.84. The average molecular weight is 301 g/mol. The third kappa shape index (κ3) is 3.52. The number of amides is 1. The number of hydrogen-bond donors (Lipinski definition) is 1. The molecule has 0 aliphatic heterocycles. The SMILES string of the molecule is CC(CN(C)C(=O)C(c1ccccc1)n1cccn1)C(=O)O. The van der Waals surface area contributed by atoms with E-state index in [1.54, 1.807) is 37.1 Å². The van der Waals surface area contributed by atoms with E-state index in [0.29, 0.717) is 0 Å². The van der Waals surface area contributed by atoms with Gasteiger partial charge in [-0.25, -0.2) is 0 Å². The van der Waals surface area contributed by atoms with Gasteiger partial charge in [0, 0.05) is 26.0 Å². The molecule has 2 atom stereocenters. The Labute approximate surface area is 129 Å². The molecular weight excluding hydrogens is 282 g/mol. The smallest absolute Gasteiger partial charge is 0.308 e. The molecular formula is C16H19N3O3. The van der Waals surface area contributed by atoms with Crippen molar-refractivity contribution >= 4 is 11.9 Å². The van der Waals surface area contributed by atoms with Gasteiger partial charge in [0.15, 0.2) is 6.04 Å². The number of hydrogen-bond acceptors (Lipinski definition) is 3. The summed E-state index contributed by atoms with van der Waals surface area (Å²) in [4.78, 5) is 25.2. The molecule has 0 spiro atoms. The lowest BCUT2D eigenvalue weighted by molar-refractivity contribution is -0.143. The highest BCUT2D eigenvalue weighted by Gasteiger charge is 2.27. The van der Waals surface area contributed by atoms with Gasteiger partial charge in [-0.05, 0) is 11.6 Å². The number of likely N-dealkylation sites (N-methyl/N-ethyl adjacent to an activating group) is 1. The van der Waals surface area contributed by atoms with Crippen LogP contribution in [-0.4, -0.2) is 45.3 Å². The first-order valence-electron chi connectivity index (χ1n) is 7.02. The minimum Gasteiger partial charge on any atom is -0.481 e. The Morgan fingerprint density at radius 2 is 1.95 bits per heavy atom. The zero-order valence-corrected chi connectivity index (χ0v) is 12.6. The van der Waals surface area contributed by atoms with Gasteiger partial charge in [0.05, 0.1) is 5.92 Å². The average Bonchev–Trinajstić information content (AvgIpc) is 3.02. The molecule has 1 amide bonds. The largest absolute Gasteiger partial charge is 0.481 e. The fourth-order valence-corrected chi connectivity index (χ4v) is 2.26. The molecule has 6 nitrogen and oxygen atoms in total. The predicted molar refractivity (Wildman–Crippen MR) is 81.2 cm³/mol. The van der Waals surface area contributed by atoms with Crippen LogP contribution in [0.5, 0.6) is 0 Å². The summed E-state index contributed by atoms with van der Waals surface area (Å²) in [5.41, 5.74) is 0.811. The molecule has 0 aliphatic carbocycles. The van der Waals surface area contributed by atoms with Crippen molar-refractivity contribution in [2.45, 2.75) is 13.0 Å². The van der Waals surface area contributed by atoms with Crippen molar-refractivity contribution in [3.63, 3.8) is 0 Å². The molecule has 2 aromatic rings. The number of benzene rings is 1. The second-order valence-electron chi connectivity index (χ2n) is 5.26. The molecule has 116 valence electrons. The van der Waals surface area contributed by atoms with Crippen LogP contribution in [0.3, 0.4) is 0 Å². The number of nitrogens with zero attached hydrogens (tertiary/aromatic N) is 3. The molecule has 2 unspecified atom stereocenters. The summed E-state index contributed by atoms with van der Waals surface area (Å²) in [6.45, 7) is 1.73. The molecule has 0 aliphatic rings. The standard InChI is InChI=1S/C16H19N3O3/c1-12(16(21)22)11-18(2)15(20)14(19-10-6-9-17-19)13-7-4-3-5-8-13/h3-10,12,14H,11H2,1-2H3,(H,21,22). The second kappa shape index (κ2) is 6.89. The summed E-state index contributed by atoms with van der Waals surface area (Å²) in [6.07, 6.45) is 3.34. The third-order valence-electron chi connectivity index (χ3n) is 3.48. The molecule has 0 radical (unpaired) electrons. The van der Waals surface area contributed by atoms with Gasteiger partial charge >= 0.3 is 5.97 Å². The number of aliphatic carboxylic acids is 1. The summed E-state index contributed by atoms with van der Waals surface area (Å²) in [5.74, 6) is -1.74. The van der Waals surface area contributed by atoms with E-state index in [4.69, 9.17) is 5.11 Å². The highest BCUT2D eigenvalue weighted by atomic mass is 16.4. The van der Waals surface area contributed by atoms with E-state index < -0.39 is 17.9 Å². The quantitative estimate of drug-likeness (QED) is 0.880. The van der Waals surface area contributed by atoms with E-state index in [-0.39, 0.29) is 12.5 Å². The lowest BCUT2D eigenvalue weighted by Crippen LogP contribution is -2.39. The zero-order chi connectivity index (χ0) is 16.1. The molecule has 1 heterocycles. The van der Waals surface area contributed by atoms with Gasteiger partial charge in [-0.3, -0.25) is 14.3 Å². The topological polar surface area (TPSA) is 75.4 Å². The van der Waals surface area contributed by atoms with Crippen molar-refractivity contribution < 1.29 is 14.7 Å². The van der Waals surface area contributed by atoms with Crippen molar-refractivity contribution in [1.29, 1.82) is 0 Å². The van der Waals surface area contributed by atoms with Crippen molar-refractivity contribution in [2.75, 3.05) is 13.6 Å². The van der Waals surface area contributed by atoms with E-state index in [9.17, 15) is 9.59 Å². The lowest BCUT2D eigenvalue weighted by atomic mass is 10.1. The number of carboxylic acids is 1. The molecule has 0 saturated carbocycles.